The normalized spacial score (nSPS) is 28.8. The Hall–Kier alpha value is -0.860. The topological polar surface area (TPSA) is 83.0 Å². The zero-order chi connectivity index (χ0) is 18.3. The fourth-order valence-electron chi connectivity index (χ4n) is 3.73. The molecule has 3 atom stereocenters. The molecule has 8 heteroatoms. The largest absolute Gasteiger partial charge is 0.377 e. The van der Waals surface area contributed by atoms with Crippen LogP contribution in [-0.2, 0) is 14.8 Å². The Kier molecular flexibility index (Phi) is 7.96. The molecule has 146 valence electrons. The lowest BCUT2D eigenvalue weighted by Gasteiger charge is -2.37. The highest BCUT2D eigenvalue weighted by molar-refractivity contribution is 7.89. The van der Waals surface area contributed by atoms with Crippen molar-refractivity contribution in [2.24, 2.45) is 16.8 Å². The lowest BCUT2D eigenvalue weighted by molar-refractivity contribution is 0.0200. The summed E-state index contributed by atoms with van der Waals surface area (Å²) in [6.07, 6.45) is 4.35. The molecule has 7 nitrogen and oxygen atoms in total. The van der Waals surface area contributed by atoms with E-state index < -0.39 is 10.0 Å². The van der Waals surface area contributed by atoms with Crippen LogP contribution in [-0.4, -0.2) is 71.0 Å². The van der Waals surface area contributed by atoms with E-state index in [1.165, 1.54) is 6.42 Å². The number of nitrogens with zero attached hydrogens (tertiary/aromatic N) is 2. The number of hydrogen-bond acceptors (Lipinski definition) is 4. The molecule has 0 bridgehead atoms. The first kappa shape index (κ1) is 20.5. The summed E-state index contributed by atoms with van der Waals surface area (Å²) in [5.74, 6) is 2.09. The van der Waals surface area contributed by atoms with Gasteiger partial charge < -0.3 is 15.0 Å². The van der Waals surface area contributed by atoms with Crippen LogP contribution in [0.3, 0.4) is 0 Å². The highest BCUT2D eigenvalue weighted by atomic mass is 32.2. The van der Waals surface area contributed by atoms with Crippen LogP contribution in [0.4, 0.5) is 0 Å². The van der Waals surface area contributed by atoms with Gasteiger partial charge in [-0.2, -0.15) is 0 Å². The average molecular weight is 375 g/mol. The van der Waals surface area contributed by atoms with Crippen molar-refractivity contribution >= 4 is 16.0 Å². The van der Waals surface area contributed by atoms with Crippen molar-refractivity contribution in [1.82, 2.24) is 14.9 Å². The predicted octanol–water partition coefficient (Wildman–Crippen LogP) is 1.03. The van der Waals surface area contributed by atoms with Crippen LogP contribution >= 0.6 is 0 Å². The van der Waals surface area contributed by atoms with E-state index in [1.807, 2.05) is 0 Å². The minimum atomic E-state index is -3.30. The minimum absolute atomic E-state index is 0.0144. The molecule has 0 amide bonds. The quantitative estimate of drug-likeness (QED) is 0.536. The summed E-state index contributed by atoms with van der Waals surface area (Å²) in [6, 6.07) is 0. The van der Waals surface area contributed by atoms with Gasteiger partial charge in [0, 0.05) is 39.8 Å². The highest BCUT2D eigenvalue weighted by Crippen LogP contribution is 2.20. The fourth-order valence-corrected chi connectivity index (χ4v) is 4.68. The van der Waals surface area contributed by atoms with Crippen LogP contribution in [0.1, 0.15) is 39.5 Å². The molecular weight excluding hydrogens is 340 g/mol. The summed E-state index contributed by atoms with van der Waals surface area (Å²) in [5.41, 5.74) is 0. The summed E-state index contributed by atoms with van der Waals surface area (Å²) in [5, 5.41) is 3.20. The van der Waals surface area contributed by atoms with Crippen LogP contribution < -0.4 is 10.0 Å². The molecule has 2 fully saturated rings. The molecule has 2 heterocycles. The zero-order valence-corrected chi connectivity index (χ0v) is 16.6. The number of guanidine groups is 1. The van der Waals surface area contributed by atoms with Crippen molar-refractivity contribution in [2.75, 3.05) is 45.6 Å². The third kappa shape index (κ3) is 7.11. The number of sulfonamides is 1. The highest BCUT2D eigenvalue weighted by Gasteiger charge is 2.24. The lowest BCUT2D eigenvalue weighted by atomic mass is 9.92. The van der Waals surface area contributed by atoms with E-state index in [9.17, 15) is 8.42 Å². The number of aliphatic imine (C=N–C) groups is 1. The smallest absolute Gasteiger partial charge is 0.213 e. The molecule has 25 heavy (non-hydrogen) atoms. The number of nitrogens with one attached hydrogen (secondary N) is 2. The van der Waals surface area contributed by atoms with Crippen LogP contribution in [0.2, 0.25) is 0 Å². The second kappa shape index (κ2) is 9.73. The maximum Gasteiger partial charge on any atom is 0.213 e. The monoisotopic (exact) mass is 374 g/mol. The molecule has 0 spiro atoms. The first-order valence-electron chi connectivity index (χ1n) is 9.44. The van der Waals surface area contributed by atoms with Gasteiger partial charge in [-0.3, -0.25) is 4.99 Å². The number of rotatable bonds is 6. The molecule has 3 unspecified atom stereocenters. The van der Waals surface area contributed by atoms with E-state index in [0.717, 1.165) is 44.9 Å². The van der Waals surface area contributed by atoms with Crippen molar-refractivity contribution in [1.29, 1.82) is 0 Å². The van der Waals surface area contributed by atoms with E-state index in [-0.39, 0.29) is 11.9 Å². The molecule has 2 N–H and O–H groups in total. The molecule has 2 saturated heterocycles. The van der Waals surface area contributed by atoms with Gasteiger partial charge in [-0.05, 0) is 37.5 Å². The van der Waals surface area contributed by atoms with E-state index in [2.05, 4.69) is 33.8 Å². The summed E-state index contributed by atoms with van der Waals surface area (Å²) in [6.45, 7) is 7.89. The Morgan fingerprint density at radius 1 is 1.24 bits per heavy atom. The van der Waals surface area contributed by atoms with Gasteiger partial charge in [-0.15, -0.1) is 0 Å². The van der Waals surface area contributed by atoms with Crippen LogP contribution in [0.25, 0.3) is 0 Å². The molecule has 2 rings (SSSR count). The predicted molar refractivity (Wildman–Crippen MR) is 101 cm³/mol. The van der Waals surface area contributed by atoms with Crippen molar-refractivity contribution in [2.45, 2.75) is 45.6 Å². The second-order valence-electron chi connectivity index (χ2n) is 7.48. The number of piperidine rings is 1. The van der Waals surface area contributed by atoms with Gasteiger partial charge in [0.15, 0.2) is 5.96 Å². The molecule has 0 aromatic carbocycles. The van der Waals surface area contributed by atoms with Gasteiger partial charge in [0.2, 0.25) is 10.0 Å². The van der Waals surface area contributed by atoms with Gasteiger partial charge in [0.25, 0.3) is 0 Å². The number of likely N-dealkylation sites (tertiary alicyclic amines) is 1. The Labute approximate surface area is 152 Å². The Morgan fingerprint density at radius 2 is 1.96 bits per heavy atom. The standard InChI is InChI=1S/C17H34N4O3S/c1-14-10-15(2)13-21(12-14)17(18-3)19-7-9-25(22,23)20-11-16-6-4-5-8-24-16/h14-16,20H,4-13H2,1-3H3,(H,18,19). The van der Waals surface area contributed by atoms with Gasteiger partial charge in [0.05, 0.1) is 11.9 Å². The Morgan fingerprint density at radius 3 is 2.56 bits per heavy atom. The van der Waals surface area contributed by atoms with Crippen molar-refractivity contribution in [3.05, 3.63) is 0 Å². The molecular formula is C17H34N4O3S. The van der Waals surface area contributed by atoms with E-state index in [4.69, 9.17) is 4.74 Å². The summed E-state index contributed by atoms with van der Waals surface area (Å²) in [7, 11) is -1.55. The molecule has 0 aromatic rings. The van der Waals surface area contributed by atoms with E-state index in [0.29, 0.717) is 24.9 Å². The minimum Gasteiger partial charge on any atom is -0.377 e. The molecule has 0 aliphatic carbocycles. The Balaban J connectivity index is 1.73. The Bertz CT molecular complexity index is 522. The first-order chi connectivity index (χ1) is 11.9. The third-order valence-electron chi connectivity index (χ3n) is 4.84. The fraction of sp³-hybridized carbons (Fsp3) is 0.941. The summed E-state index contributed by atoms with van der Waals surface area (Å²) in [4.78, 5) is 6.55. The van der Waals surface area contributed by atoms with Crippen LogP contribution in [0, 0.1) is 11.8 Å². The SMILES string of the molecule is CN=C(NCCS(=O)(=O)NCC1CCCCO1)N1CC(C)CC(C)C1. The lowest BCUT2D eigenvalue weighted by Crippen LogP contribution is -2.49. The van der Waals surface area contributed by atoms with Gasteiger partial charge in [0.1, 0.15) is 0 Å². The molecule has 2 aliphatic rings. The second-order valence-corrected chi connectivity index (χ2v) is 9.41. The van der Waals surface area contributed by atoms with Gasteiger partial charge >= 0.3 is 0 Å². The van der Waals surface area contributed by atoms with Crippen molar-refractivity contribution in [3.8, 4) is 0 Å². The number of hydrogen-bond donors (Lipinski definition) is 2. The van der Waals surface area contributed by atoms with Gasteiger partial charge in [-0.25, -0.2) is 13.1 Å². The summed E-state index contributed by atoms with van der Waals surface area (Å²) >= 11 is 0. The molecule has 0 saturated carbocycles. The summed E-state index contributed by atoms with van der Waals surface area (Å²) < 4.78 is 32.6. The maximum atomic E-state index is 12.2. The zero-order valence-electron chi connectivity index (χ0n) is 15.8. The maximum absolute atomic E-state index is 12.2. The van der Waals surface area contributed by atoms with E-state index in [1.54, 1.807) is 7.05 Å². The van der Waals surface area contributed by atoms with Crippen molar-refractivity contribution < 1.29 is 13.2 Å². The first-order valence-corrected chi connectivity index (χ1v) is 11.1. The van der Waals surface area contributed by atoms with Crippen LogP contribution in [0.15, 0.2) is 4.99 Å². The van der Waals surface area contributed by atoms with Crippen LogP contribution in [0.5, 0.6) is 0 Å². The van der Waals surface area contributed by atoms with Gasteiger partial charge in [-0.1, -0.05) is 13.8 Å². The van der Waals surface area contributed by atoms with E-state index >= 15 is 0 Å². The number of ether oxygens (including phenoxy) is 1. The average Bonchev–Trinajstić information content (AvgIpc) is 2.57. The molecule has 2 aliphatic heterocycles. The van der Waals surface area contributed by atoms with Crippen molar-refractivity contribution in [3.63, 3.8) is 0 Å². The molecule has 0 radical (unpaired) electrons. The third-order valence-corrected chi connectivity index (χ3v) is 6.19. The molecule has 0 aromatic heterocycles.